The van der Waals surface area contributed by atoms with Crippen LogP contribution in [0, 0.1) is 0 Å². The van der Waals surface area contributed by atoms with Crippen molar-refractivity contribution in [2.75, 3.05) is 16.5 Å². The number of ether oxygens (including phenoxy) is 1. The summed E-state index contributed by atoms with van der Waals surface area (Å²) in [5.41, 5.74) is 12.6. The minimum absolute atomic E-state index is 0.0377. The molecular formula is C60H56N4O. The molecule has 0 saturated carbocycles. The molecule has 5 nitrogen and oxygen atoms in total. The summed E-state index contributed by atoms with van der Waals surface area (Å²) in [6.45, 7) is 16.6. The van der Waals surface area contributed by atoms with Gasteiger partial charge in [0.1, 0.15) is 17.3 Å². The summed E-state index contributed by atoms with van der Waals surface area (Å²) in [4.78, 5) is 9.59. The van der Waals surface area contributed by atoms with Gasteiger partial charge in [-0.2, -0.15) is 0 Å². The van der Waals surface area contributed by atoms with Gasteiger partial charge in [0.15, 0.2) is 0 Å². The average Bonchev–Trinajstić information content (AvgIpc) is 3.96. The predicted molar refractivity (Wildman–Crippen MR) is 272 cm³/mol. The Labute approximate surface area is 383 Å². The zero-order valence-corrected chi connectivity index (χ0v) is 38.5. The molecule has 5 heteroatoms. The summed E-state index contributed by atoms with van der Waals surface area (Å²) in [5.74, 6) is 2.41. The molecule has 3 heterocycles. The lowest BCUT2D eigenvalue weighted by Crippen LogP contribution is -2.25. The van der Waals surface area contributed by atoms with Crippen molar-refractivity contribution < 1.29 is 4.74 Å². The Morgan fingerprint density at radius 1 is 0.431 bits per heavy atom. The minimum atomic E-state index is -0.191. The Morgan fingerprint density at radius 3 is 1.74 bits per heavy atom. The molecule has 65 heavy (non-hydrogen) atoms. The van der Waals surface area contributed by atoms with Crippen LogP contribution < -0.4 is 14.5 Å². The van der Waals surface area contributed by atoms with E-state index in [1.807, 2.05) is 6.20 Å². The lowest BCUT2D eigenvalue weighted by atomic mass is 9.78. The van der Waals surface area contributed by atoms with Crippen molar-refractivity contribution in [1.29, 1.82) is 0 Å². The number of pyridine rings is 1. The second-order valence-electron chi connectivity index (χ2n) is 19.5. The van der Waals surface area contributed by atoms with Gasteiger partial charge in [0, 0.05) is 63.7 Å². The molecule has 0 N–H and O–H groups in total. The molecule has 0 amide bonds. The van der Waals surface area contributed by atoms with E-state index in [0.29, 0.717) is 6.67 Å². The highest BCUT2D eigenvalue weighted by Crippen LogP contribution is 2.41. The number of fused-ring (bicyclic) bond motifs is 3. The highest BCUT2D eigenvalue weighted by molar-refractivity contribution is 6.10. The van der Waals surface area contributed by atoms with Gasteiger partial charge >= 0.3 is 0 Å². The van der Waals surface area contributed by atoms with E-state index in [2.05, 4.69) is 257 Å². The fourth-order valence-corrected chi connectivity index (χ4v) is 9.32. The molecule has 2 aromatic heterocycles. The van der Waals surface area contributed by atoms with Crippen molar-refractivity contribution in [3.05, 3.63) is 228 Å². The quantitative estimate of drug-likeness (QED) is 0.137. The lowest BCUT2D eigenvalue weighted by molar-refractivity contribution is 0.483. The SMILES string of the molecule is CC(C)(C)c1ccnc(-n2c3ccc(C(C)(C)c4ccccc4)cc3c3ccc(Oc4cc(-c5ccccc5)cc(N5C=CN(c6cccc(C(C)(C)c7ccccc7)c6)C5)c4)cc32)c1. The second kappa shape index (κ2) is 16.3. The second-order valence-corrected chi connectivity index (χ2v) is 19.5. The third kappa shape index (κ3) is 7.97. The van der Waals surface area contributed by atoms with Gasteiger partial charge in [0.2, 0.25) is 0 Å². The number of aromatic nitrogens is 2. The summed E-state index contributed by atoms with van der Waals surface area (Å²) >= 11 is 0. The lowest BCUT2D eigenvalue weighted by Gasteiger charge is -2.28. The first-order chi connectivity index (χ1) is 31.3. The number of hydrogen-bond acceptors (Lipinski definition) is 4. The number of benzene rings is 7. The molecule has 9 aromatic rings. The van der Waals surface area contributed by atoms with Crippen molar-refractivity contribution in [2.45, 2.75) is 64.7 Å². The number of anilines is 2. The molecule has 0 fully saturated rings. The van der Waals surface area contributed by atoms with Crippen LogP contribution in [0.15, 0.2) is 201 Å². The Kier molecular flexibility index (Phi) is 10.5. The molecule has 0 spiro atoms. The van der Waals surface area contributed by atoms with Gasteiger partial charge in [-0.05, 0) is 105 Å². The third-order valence-corrected chi connectivity index (χ3v) is 13.5. The van der Waals surface area contributed by atoms with E-state index in [1.54, 1.807) is 0 Å². The van der Waals surface area contributed by atoms with E-state index in [4.69, 9.17) is 9.72 Å². The fourth-order valence-electron chi connectivity index (χ4n) is 9.32. The van der Waals surface area contributed by atoms with E-state index in [9.17, 15) is 0 Å². The zero-order chi connectivity index (χ0) is 44.9. The van der Waals surface area contributed by atoms with Crippen molar-refractivity contribution in [3.63, 3.8) is 0 Å². The molecule has 0 atom stereocenters. The van der Waals surface area contributed by atoms with Crippen LogP contribution in [0.5, 0.6) is 11.5 Å². The van der Waals surface area contributed by atoms with Crippen LogP contribution in [-0.2, 0) is 16.2 Å². The molecule has 0 aliphatic carbocycles. The maximum Gasteiger partial charge on any atom is 0.137 e. The Morgan fingerprint density at radius 2 is 1.06 bits per heavy atom. The largest absolute Gasteiger partial charge is 0.457 e. The molecular weight excluding hydrogens is 793 g/mol. The van der Waals surface area contributed by atoms with E-state index in [-0.39, 0.29) is 16.2 Å². The molecule has 0 saturated heterocycles. The summed E-state index contributed by atoms with van der Waals surface area (Å²) in [6.07, 6.45) is 6.28. The number of rotatable bonds is 10. The first kappa shape index (κ1) is 41.6. The average molecular weight is 849 g/mol. The highest BCUT2D eigenvalue weighted by Gasteiger charge is 2.27. The minimum Gasteiger partial charge on any atom is -0.457 e. The monoisotopic (exact) mass is 848 g/mol. The molecule has 7 aromatic carbocycles. The molecule has 0 bridgehead atoms. The molecule has 0 radical (unpaired) electrons. The first-order valence-corrected chi connectivity index (χ1v) is 22.7. The van der Waals surface area contributed by atoms with Gasteiger partial charge in [-0.25, -0.2) is 4.98 Å². The number of nitrogens with zero attached hydrogens (tertiary/aromatic N) is 4. The van der Waals surface area contributed by atoms with E-state index < -0.39 is 0 Å². The Bertz CT molecular complexity index is 3190. The first-order valence-electron chi connectivity index (χ1n) is 22.7. The van der Waals surface area contributed by atoms with E-state index in [0.717, 1.165) is 56.2 Å². The topological polar surface area (TPSA) is 33.5 Å². The molecule has 1 aliphatic rings. The van der Waals surface area contributed by atoms with Crippen molar-refractivity contribution in [3.8, 4) is 28.4 Å². The fraction of sp³-hybridized carbons (Fsp3) is 0.183. The van der Waals surface area contributed by atoms with Gasteiger partial charge in [-0.15, -0.1) is 0 Å². The predicted octanol–water partition coefficient (Wildman–Crippen LogP) is 15.3. The summed E-state index contributed by atoms with van der Waals surface area (Å²) in [5, 5.41) is 2.34. The number of hydrogen-bond donors (Lipinski definition) is 0. The van der Waals surface area contributed by atoms with Crippen molar-refractivity contribution in [1.82, 2.24) is 9.55 Å². The Balaban J connectivity index is 1.03. The zero-order valence-electron chi connectivity index (χ0n) is 38.5. The third-order valence-electron chi connectivity index (χ3n) is 13.5. The normalized spacial score (nSPS) is 13.3. The van der Waals surface area contributed by atoms with Crippen LogP contribution in [0.4, 0.5) is 11.4 Å². The van der Waals surface area contributed by atoms with Crippen LogP contribution >= 0.6 is 0 Å². The Hall–Kier alpha value is -7.37. The molecule has 322 valence electrons. The van der Waals surface area contributed by atoms with Crippen molar-refractivity contribution >= 4 is 33.2 Å². The molecule has 1 aliphatic heterocycles. The van der Waals surface area contributed by atoms with Crippen LogP contribution in [-0.4, -0.2) is 16.2 Å². The van der Waals surface area contributed by atoms with Crippen LogP contribution in [0.2, 0.25) is 0 Å². The maximum atomic E-state index is 6.96. The summed E-state index contributed by atoms with van der Waals surface area (Å²) in [6, 6.07) is 65.4. The smallest absolute Gasteiger partial charge is 0.137 e. The van der Waals surface area contributed by atoms with Crippen molar-refractivity contribution in [2.24, 2.45) is 0 Å². The summed E-state index contributed by atoms with van der Waals surface area (Å²) in [7, 11) is 0. The van der Waals surface area contributed by atoms with Gasteiger partial charge in [0.05, 0.1) is 17.7 Å². The van der Waals surface area contributed by atoms with Gasteiger partial charge < -0.3 is 14.5 Å². The van der Waals surface area contributed by atoms with Crippen LogP contribution in [0.1, 0.15) is 76.3 Å². The standard InChI is InChI=1S/C60H56N4O/c1-58(2,3)46-30-31-61-57(38-46)64-55-29-26-48(60(6,7)45-22-15-10-16-23-45)37-54(55)53-28-27-51(40-56(53)64)65-52-35-43(42-18-11-8-12-19-42)34-50(39-52)63-33-32-62(41-63)49-25-17-24-47(36-49)59(4,5)44-20-13-9-14-21-44/h8-40H,41H2,1-7H3. The van der Waals surface area contributed by atoms with Crippen LogP contribution in [0.25, 0.3) is 38.8 Å². The molecule has 0 unspecified atom stereocenters. The van der Waals surface area contributed by atoms with Gasteiger partial charge in [0.25, 0.3) is 0 Å². The maximum absolute atomic E-state index is 6.96. The molecule has 10 rings (SSSR count). The van der Waals surface area contributed by atoms with Crippen LogP contribution in [0.3, 0.4) is 0 Å². The summed E-state index contributed by atoms with van der Waals surface area (Å²) < 4.78 is 9.26. The van der Waals surface area contributed by atoms with E-state index >= 15 is 0 Å². The van der Waals surface area contributed by atoms with Gasteiger partial charge in [-0.1, -0.05) is 158 Å². The van der Waals surface area contributed by atoms with E-state index in [1.165, 1.54) is 33.2 Å². The van der Waals surface area contributed by atoms with Gasteiger partial charge in [-0.3, -0.25) is 4.57 Å². The highest BCUT2D eigenvalue weighted by atomic mass is 16.5.